The van der Waals surface area contributed by atoms with Crippen LogP contribution in [0.4, 0.5) is 0 Å². The van der Waals surface area contributed by atoms with Crippen molar-refractivity contribution in [2.45, 2.75) is 19.1 Å². The molecule has 0 aromatic rings. The van der Waals surface area contributed by atoms with E-state index in [4.69, 9.17) is 4.74 Å². The Bertz CT molecular complexity index is 74.5. The van der Waals surface area contributed by atoms with E-state index in [2.05, 4.69) is 5.32 Å². The first-order chi connectivity index (χ1) is 3.97. The molecule has 0 bridgehead atoms. The average Bonchev–Trinajstić information content (AvgIpc) is 2.15. The van der Waals surface area contributed by atoms with Crippen molar-refractivity contribution in [2.24, 2.45) is 5.92 Å². The Morgan fingerprint density at radius 3 is 3.25 bits per heavy atom. The van der Waals surface area contributed by atoms with Gasteiger partial charge in [-0.15, -0.1) is 0 Å². The van der Waals surface area contributed by atoms with Crippen LogP contribution in [-0.2, 0) is 4.74 Å². The van der Waals surface area contributed by atoms with Gasteiger partial charge in [0, 0.05) is 12.5 Å². The molecule has 0 saturated carbocycles. The fraction of sp³-hybridized carbons (Fsp3) is 1.00. The fourth-order valence-corrected chi connectivity index (χ4v) is 1.57. The number of fused-ring (bicyclic) bond motifs is 1. The summed E-state index contributed by atoms with van der Waals surface area (Å²) in [4.78, 5) is 0. The fourth-order valence-electron chi connectivity index (χ4n) is 1.57. The molecule has 46 valence electrons. The van der Waals surface area contributed by atoms with E-state index >= 15 is 0 Å². The van der Waals surface area contributed by atoms with Gasteiger partial charge >= 0.3 is 0 Å². The zero-order chi connectivity index (χ0) is 5.40. The van der Waals surface area contributed by atoms with E-state index < -0.39 is 0 Å². The molecular formula is C6H11NO. The van der Waals surface area contributed by atoms with Crippen molar-refractivity contribution < 1.29 is 4.74 Å². The van der Waals surface area contributed by atoms with Crippen molar-refractivity contribution in [3.8, 4) is 0 Å². The van der Waals surface area contributed by atoms with Crippen molar-refractivity contribution in [2.75, 3.05) is 13.2 Å². The van der Waals surface area contributed by atoms with Crippen LogP contribution >= 0.6 is 0 Å². The van der Waals surface area contributed by atoms with Crippen molar-refractivity contribution in [3.05, 3.63) is 0 Å². The molecule has 0 aromatic heterocycles. The molecule has 2 aliphatic heterocycles. The monoisotopic (exact) mass is 113 g/mol. The summed E-state index contributed by atoms with van der Waals surface area (Å²) in [5, 5.41) is 3.30. The summed E-state index contributed by atoms with van der Waals surface area (Å²) < 4.78 is 5.37. The molecule has 2 heteroatoms. The first kappa shape index (κ1) is 4.77. The molecule has 0 radical (unpaired) electrons. The minimum absolute atomic E-state index is 0.426. The molecule has 2 aliphatic rings. The maximum Gasteiger partial charge on any atom is 0.111 e. The Hall–Kier alpha value is -0.0800. The van der Waals surface area contributed by atoms with Crippen LogP contribution in [0.15, 0.2) is 0 Å². The van der Waals surface area contributed by atoms with E-state index in [9.17, 15) is 0 Å². The highest BCUT2D eigenvalue weighted by Crippen LogP contribution is 2.25. The van der Waals surface area contributed by atoms with Crippen molar-refractivity contribution in [1.82, 2.24) is 5.32 Å². The van der Waals surface area contributed by atoms with Gasteiger partial charge in [0.1, 0.15) is 6.23 Å². The van der Waals surface area contributed by atoms with Crippen LogP contribution in [0.5, 0.6) is 0 Å². The van der Waals surface area contributed by atoms with Gasteiger partial charge < -0.3 is 4.74 Å². The van der Waals surface area contributed by atoms with Crippen molar-refractivity contribution in [3.63, 3.8) is 0 Å². The second kappa shape index (κ2) is 1.71. The molecule has 0 spiro atoms. The van der Waals surface area contributed by atoms with E-state index in [0.29, 0.717) is 6.23 Å². The van der Waals surface area contributed by atoms with Gasteiger partial charge in [-0.3, -0.25) is 5.32 Å². The van der Waals surface area contributed by atoms with Gasteiger partial charge in [-0.05, 0) is 19.4 Å². The zero-order valence-corrected chi connectivity index (χ0v) is 4.89. The van der Waals surface area contributed by atoms with Crippen LogP contribution < -0.4 is 5.32 Å². The molecule has 2 saturated heterocycles. The van der Waals surface area contributed by atoms with Gasteiger partial charge in [0.25, 0.3) is 0 Å². The molecule has 0 aromatic carbocycles. The van der Waals surface area contributed by atoms with E-state index in [1.807, 2.05) is 0 Å². The van der Waals surface area contributed by atoms with Crippen LogP contribution in [0.2, 0.25) is 0 Å². The third-order valence-electron chi connectivity index (χ3n) is 2.07. The maximum atomic E-state index is 5.37. The molecule has 2 heterocycles. The van der Waals surface area contributed by atoms with Crippen LogP contribution in [-0.4, -0.2) is 19.4 Å². The van der Waals surface area contributed by atoms with E-state index in [1.165, 1.54) is 12.8 Å². The predicted octanol–water partition coefficient (Wildman–Crippen LogP) is 0.342. The molecule has 8 heavy (non-hydrogen) atoms. The second-order valence-electron chi connectivity index (χ2n) is 2.58. The first-order valence-electron chi connectivity index (χ1n) is 3.32. The summed E-state index contributed by atoms with van der Waals surface area (Å²) in [7, 11) is 0. The Labute approximate surface area is 49.2 Å². The Morgan fingerprint density at radius 1 is 1.38 bits per heavy atom. The molecule has 1 N–H and O–H groups in total. The lowest BCUT2D eigenvalue weighted by Gasteiger charge is -2.05. The predicted molar refractivity (Wildman–Crippen MR) is 30.5 cm³/mol. The first-order valence-corrected chi connectivity index (χ1v) is 3.32. The summed E-state index contributed by atoms with van der Waals surface area (Å²) in [6, 6.07) is 0. The van der Waals surface area contributed by atoms with Crippen LogP contribution in [0.1, 0.15) is 12.8 Å². The highest BCUT2D eigenvalue weighted by atomic mass is 16.5. The standard InChI is InChI=1S/C6H11NO/c1-3-7-6-5(1)2-4-8-6/h5-7H,1-4H2/t5-,6+/m1/s1. The lowest BCUT2D eigenvalue weighted by atomic mass is 10.1. The number of nitrogens with one attached hydrogen (secondary N) is 1. The quantitative estimate of drug-likeness (QED) is 0.489. The lowest BCUT2D eigenvalue weighted by Crippen LogP contribution is -2.23. The highest BCUT2D eigenvalue weighted by Gasteiger charge is 2.31. The molecular weight excluding hydrogens is 102 g/mol. The Balaban J connectivity index is 2.04. The summed E-state index contributed by atoms with van der Waals surface area (Å²) in [5.41, 5.74) is 0. The summed E-state index contributed by atoms with van der Waals surface area (Å²) >= 11 is 0. The van der Waals surface area contributed by atoms with Gasteiger partial charge in [-0.1, -0.05) is 0 Å². The van der Waals surface area contributed by atoms with Crippen LogP contribution in [0.25, 0.3) is 0 Å². The third kappa shape index (κ3) is 0.565. The smallest absolute Gasteiger partial charge is 0.111 e. The Kier molecular flexibility index (Phi) is 1.02. The molecule has 0 amide bonds. The third-order valence-corrected chi connectivity index (χ3v) is 2.07. The largest absolute Gasteiger partial charge is 0.363 e. The minimum Gasteiger partial charge on any atom is -0.363 e. The molecule has 2 nitrogen and oxygen atoms in total. The number of rotatable bonds is 0. The van der Waals surface area contributed by atoms with Crippen molar-refractivity contribution in [1.29, 1.82) is 0 Å². The zero-order valence-electron chi connectivity index (χ0n) is 4.89. The Morgan fingerprint density at radius 2 is 2.38 bits per heavy atom. The molecule has 0 unspecified atom stereocenters. The van der Waals surface area contributed by atoms with Gasteiger partial charge in [0.15, 0.2) is 0 Å². The van der Waals surface area contributed by atoms with E-state index in [1.54, 1.807) is 0 Å². The van der Waals surface area contributed by atoms with Gasteiger partial charge in [-0.25, -0.2) is 0 Å². The van der Waals surface area contributed by atoms with Crippen LogP contribution in [0.3, 0.4) is 0 Å². The van der Waals surface area contributed by atoms with Gasteiger partial charge in [-0.2, -0.15) is 0 Å². The lowest BCUT2D eigenvalue weighted by molar-refractivity contribution is 0.0854. The average molecular weight is 113 g/mol. The summed E-state index contributed by atoms with van der Waals surface area (Å²) in [6.45, 7) is 2.14. The van der Waals surface area contributed by atoms with E-state index in [0.717, 1.165) is 19.1 Å². The molecule has 2 rings (SSSR count). The summed E-state index contributed by atoms with van der Waals surface area (Å²) in [6.07, 6.45) is 3.03. The summed E-state index contributed by atoms with van der Waals surface area (Å²) in [5.74, 6) is 0.843. The van der Waals surface area contributed by atoms with Gasteiger partial charge in [0.05, 0.1) is 0 Å². The topological polar surface area (TPSA) is 21.3 Å². The maximum absolute atomic E-state index is 5.37. The number of hydrogen-bond donors (Lipinski definition) is 1. The highest BCUT2D eigenvalue weighted by molar-refractivity contribution is 4.80. The minimum atomic E-state index is 0.426. The SMILES string of the molecule is C1C[C@@H]2CCO[C@@H]2N1. The second-order valence-corrected chi connectivity index (χ2v) is 2.58. The normalized spacial score (nSPS) is 45.0. The number of hydrogen-bond acceptors (Lipinski definition) is 2. The van der Waals surface area contributed by atoms with E-state index in [-0.39, 0.29) is 0 Å². The van der Waals surface area contributed by atoms with Gasteiger partial charge in [0.2, 0.25) is 0 Å². The molecule has 0 aliphatic carbocycles. The van der Waals surface area contributed by atoms with Crippen LogP contribution in [0, 0.1) is 5.92 Å². The van der Waals surface area contributed by atoms with Crippen molar-refractivity contribution >= 4 is 0 Å². The molecule has 2 fully saturated rings. The molecule has 2 atom stereocenters. The number of ether oxygens (including phenoxy) is 1.